The molecule has 0 rings (SSSR count). The Balaban J connectivity index is 3.77. The van der Waals surface area contributed by atoms with Crippen molar-refractivity contribution in [2.75, 3.05) is 13.2 Å². The summed E-state index contributed by atoms with van der Waals surface area (Å²) in [6.45, 7) is -1.28. The molecule has 0 aromatic rings. The summed E-state index contributed by atoms with van der Waals surface area (Å²) in [7, 11) is 0. The number of unbranched alkanes of at least 4 members (excludes halogenated alkanes) is 1. The summed E-state index contributed by atoms with van der Waals surface area (Å²) in [6, 6.07) is -4.89. The fourth-order valence-corrected chi connectivity index (χ4v) is 0.565. The van der Waals surface area contributed by atoms with Gasteiger partial charge in [-0.25, -0.2) is 0 Å². The van der Waals surface area contributed by atoms with Crippen LogP contribution in [0.3, 0.4) is 0 Å². The van der Waals surface area contributed by atoms with Crippen LogP contribution in [0.25, 0.3) is 0 Å². The normalized spacial score (nSPS) is 13.4. The number of halogens is 6. The Bertz CT molecular complexity index is 143. The van der Waals surface area contributed by atoms with Crippen LogP contribution >= 0.6 is 0 Å². The van der Waals surface area contributed by atoms with Gasteiger partial charge in [0.2, 0.25) is 0 Å². The third kappa shape index (κ3) is 4.35. The quantitative estimate of drug-likeness (QED) is 0.416. The van der Waals surface area contributed by atoms with Gasteiger partial charge in [-0.2, -0.15) is 22.0 Å². The van der Waals surface area contributed by atoms with Gasteiger partial charge < -0.3 is 0 Å². The first-order chi connectivity index (χ1) is 5.81. The SMILES string of the molecule is FCCCCNC(F)(F)C(F)(F)F. The number of rotatable bonds is 5. The molecule has 0 aliphatic carbocycles. The molecule has 1 N–H and O–H groups in total. The molecule has 80 valence electrons. The lowest BCUT2D eigenvalue weighted by Crippen LogP contribution is -2.49. The fourth-order valence-electron chi connectivity index (χ4n) is 0.565. The van der Waals surface area contributed by atoms with Crippen LogP contribution in [0.1, 0.15) is 12.8 Å². The molecule has 0 bridgehead atoms. The maximum absolute atomic E-state index is 12.0. The summed E-state index contributed by atoms with van der Waals surface area (Å²) < 4.78 is 69.8. The van der Waals surface area contributed by atoms with E-state index < -0.39 is 25.4 Å². The lowest BCUT2D eigenvalue weighted by atomic mass is 10.3. The average molecular weight is 209 g/mol. The van der Waals surface area contributed by atoms with Gasteiger partial charge in [-0.05, 0) is 12.8 Å². The van der Waals surface area contributed by atoms with Crippen molar-refractivity contribution in [3.8, 4) is 0 Å². The van der Waals surface area contributed by atoms with E-state index in [9.17, 15) is 26.3 Å². The van der Waals surface area contributed by atoms with E-state index >= 15 is 0 Å². The highest BCUT2D eigenvalue weighted by atomic mass is 19.4. The number of hydrogen-bond donors (Lipinski definition) is 1. The monoisotopic (exact) mass is 209 g/mol. The Morgan fingerprint density at radius 2 is 1.46 bits per heavy atom. The molecule has 0 fully saturated rings. The molecule has 7 heteroatoms. The molecule has 0 saturated heterocycles. The molecular formula is C6H9F6N. The van der Waals surface area contributed by atoms with Crippen molar-refractivity contribution in [3.63, 3.8) is 0 Å². The van der Waals surface area contributed by atoms with Crippen LogP contribution < -0.4 is 5.32 Å². The summed E-state index contributed by atoms with van der Waals surface area (Å²) in [5.74, 6) is 0. The first-order valence-corrected chi connectivity index (χ1v) is 3.57. The molecule has 0 aliphatic heterocycles. The maximum Gasteiger partial charge on any atom is 0.469 e. The molecule has 0 spiro atoms. The zero-order valence-corrected chi connectivity index (χ0v) is 6.60. The fraction of sp³-hybridized carbons (Fsp3) is 1.00. The smallest absolute Gasteiger partial charge is 0.251 e. The van der Waals surface area contributed by atoms with Crippen LogP contribution in [0, 0.1) is 0 Å². The second kappa shape index (κ2) is 4.69. The molecule has 0 heterocycles. The largest absolute Gasteiger partial charge is 0.469 e. The average Bonchev–Trinajstić information content (AvgIpc) is 1.96. The standard InChI is InChI=1S/C6H9F6N/c7-3-1-2-4-13-6(11,12)5(8,9)10/h13H,1-4H2. The highest BCUT2D eigenvalue weighted by Crippen LogP contribution is 2.32. The van der Waals surface area contributed by atoms with Crippen molar-refractivity contribution in [1.82, 2.24) is 5.32 Å². The topological polar surface area (TPSA) is 12.0 Å². The van der Waals surface area contributed by atoms with E-state index in [1.54, 1.807) is 0 Å². The zero-order valence-electron chi connectivity index (χ0n) is 6.60. The minimum atomic E-state index is -5.59. The molecular weight excluding hydrogens is 200 g/mol. The third-order valence-electron chi connectivity index (χ3n) is 1.26. The Hall–Kier alpha value is -0.460. The summed E-state index contributed by atoms with van der Waals surface area (Å²) in [5.41, 5.74) is 0. The van der Waals surface area contributed by atoms with Crippen molar-refractivity contribution in [2.45, 2.75) is 25.1 Å². The van der Waals surface area contributed by atoms with Crippen molar-refractivity contribution in [3.05, 3.63) is 0 Å². The van der Waals surface area contributed by atoms with Crippen LogP contribution in [-0.4, -0.2) is 25.4 Å². The van der Waals surface area contributed by atoms with Gasteiger partial charge in [-0.1, -0.05) is 0 Å². The van der Waals surface area contributed by atoms with Crippen molar-refractivity contribution < 1.29 is 26.3 Å². The second-order valence-electron chi connectivity index (χ2n) is 2.40. The van der Waals surface area contributed by atoms with Gasteiger partial charge in [-0.15, -0.1) is 0 Å². The van der Waals surface area contributed by atoms with Gasteiger partial charge in [0.15, 0.2) is 0 Å². The minimum Gasteiger partial charge on any atom is -0.251 e. The highest BCUT2D eigenvalue weighted by molar-refractivity contribution is 4.72. The summed E-state index contributed by atoms with van der Waals surface area (Å²) in [6.07, 6.45) is -5.67. The van der Waals surface area contributed by atoms with E-state index in [1.165, 1.54) is 0 Å². The summed E-state index contributed by atoms with van der Waals surface area (Å²) in [5, 5.41) is 1.01. The minimum absolute atomic E-state index is 0.0268. The second-order valence-corrected chi connectivity index (χ2v) is 2.40. The van der Waals surface area contributed by atoms with Crippen LogP contribution in [0.4, 0.5) is 26.3 Å². The predicted octanol–water partition coefficient (Wildman–Crippen LogP) is 2.48. The lowest BCUT2D eigenvalue weighted by Gasteiger charge is -2.20. The molecule has 13 heavy (non-hydrogen) atoms. The van der Waals surface area contributed by atoms with E-state index in [0.29, 0.717) is 0 Å². The molecule has 0 aromatic carbocycles. The van der Waals surface area contributed by atoms with Crippen LogP contribution in [0.5, 0.6) is 0 Å². The molecule has 0 saturated carbocycles. The molecule has 0 unspecified atom stereocenters. The summed E-state index contributed by atoms with van der Waals surface area (Å²) >= 11 is 0. The Morgan fingerprint density at radius 1 is 0.923 bits per heavy atom. The number of alkyl halides is 6. The molecule has 0 aromatic heterocycles. The van der Waals surface area contributed by atoms with Gasteiger partial charge in [0.1, 0.15) is 0 Å². The van der Waals surface area contributed by atoms with Gasteiger partial charge in [0, 0.05) is 6.54 Å². The number of hydrogen-bond acceptors (Lipinski definition) is 1. The van der Waals surface area contributed by atoms with E-state index in [4.69, 9.17) is 0 Å². The van der Waals surface area contributed by atoms with Crippen LogP contribution in [-0.2, 0) is 0 Å². The van der Waals surface area contributed by atoms with E-state index in [2.05, 4.69) is 0 Å². The molecule has 0 radical (unpaired) electrons. The van der Waals surface area contributed by atoms with Crippen LogP contribution in [0.15, 0.2) is 0 Å². The van der Waals surface area contributed by atoms with E-state index in [1.807, 2.05) is 0 Å². The molecule has 0 amide bonds. The van der Waals surface area contributed by atoms with Crippen LogP contribution in [0.2, 0.25) is 0 Å². The lowest BCUT2D eigenvalue weighted by molar-refractivity contribution is -0.295. The van der Waals surface area contributed by atoms with E-state index in [-0.39, 0.29) is 12.8 Å². The van der Waals surface area contributed by atoms with E-state index in [0.717, 1.165) is 5.32 Å². The molecule has 1 nitrogen and oxygen atoms in total. The Labute approximate surface area is 71.1 Å². The van der Waals surface area contributed by atoms with Gasteiger partial charge >= 0.3 is 12.2 Å². The van der Waals surface area contributed by atoms with Crippen molar-refractivity contribution in [2.24, 2.45) is 0 Å². The molecule has 0 atom stereocenters. The van der Waals surface area contributed by atoms with Crippen molar-refractivity contribution in [1.29, 1.82) is 0 Å². The Kier molecular flexibility index (Phi) is 4.52. The van der Waals surface area contributed by atoms with Gasteiger partial charge in [0.05, 0.1) is 6.67 Å². The van der Waals surface area contributed by atoms with Crippen molar-refractivity contribution >= 4 is 0 Å². The predicted molar refractivity (Wildman–Crippen MR) is 34.2 cm³/mol. The first-order valence-electron chi connectivity index (χ1n) is 3.57. The van der Waals surface area contributed by atoms with Gasteiger partial charge in [0.25, 0.3) is 0 Å². The third-order valence-corrected chi connectivity index (χ3v) is 1.26. The Morgan fingerprint density at radius 3 is 1.85 bits per heavy atom. The number of nitrogens with one attached hydrogen (secondary N) is 1. The maximum atomic E-state index is 12.0. The summed E-state index contributed by atoms with van der Waals surface area (Å²) in [4.78, 5) is 0. The van der Waals surface area contributed by atoms with Gasteiger partial charge in [-0.3, -0.25) is 9.71 Å². The highest BCUT2D eigenvalue weighted by Gasteiger charge is 2.57. The molecule has 0 aliphatic rings. The zero-order chi connectivity index (χ0) is 10.5. The first kappa shape index (κ1) is 12.5.